The lowest BCUT2D eigenvalue weighted by Gasteiger charge is -2.15. The van der Waals surface area contributed by atoms with Gasteiger partial charge < -0.3 is 5.32 Å². The zero-order chi connectivity index (χ0) is 20.5. The molecule has 0 unspecified atom stereocenters. The Balaban J connectivity index is 2.08. The van der Waals surface area contributed by atoms with Gasteiger partial charge >= 0.3 is 0 Å². The summed E-state index contributed by atoms with van der Waals surface area (Å²) in [6.45, 7) is 3.80. The van der Waals surface area contributed by atoms with Crippen molar-refractivity contribution >= 4 is 27.1 Å². The van der Waals surface area contributed by atoms with Crippen LogP contribution in [0.3, 0.4) is 0 Å². The van der Waals surface area contributed by atoms with Crippen LogP contribution in [0.15, 0.2) is 36.7 Å². The number of amides is 1. The van der Waals surface area contributed by atoms with Crippen LogP contribution in [0.4, 0.5) is 5.69 Å². The summed E-state index contributed by atoms with van der Waals surface area (Å²) in [6, 6.07) is 9.03. The lowest BCUT2D eigenvalue weighted by Crippen LogP contribution is -2.30. The van der Waals surface area contributed by atoms with E-state index in [2.05, 4.69) is 15.4 Å². The molecule has 10 heteroatoms. The lowest BCUT2D eigenvalue weighted by atomic mass is 10.1. The molecule has 0 aromatic carbocycles. The number of aromatic nitrogens is 3. The molecule has 0 saturated carbocycles. The summed E-state index contributed by atoms with van der Waals surface area (Å²) >= 11 is 0. The largest absolute Gasteiger partial charge is 0.382 e. The van der Waals surface area contributed by atoms with Crippen LogP contribution in [0, 0.1) is 11.3 Å². The lowest BCUT2D eigenvalue weighted by molar-refractivity contribution is 0.0982. The number of pyridine rings is 1. The van der Waals surface area contributed by atoms with Gasteiger partial charge in [0.15, 0.2) is 0 Å². The Morgan fingerprint density at radius 1 is 1.25 bits per heavy atom. The van der Waals surface area contributed by atoms with Gasteiger partial charge in [-0.05, 0) is 38.1 Å². The number of nitrogens with zero attached hydrogens (tertiary/aromatic N) is 4. The number of sulfonamides is 1. The molecular weight excluding hydrogens is 380 g/mol. The number of nitriles is 1. The van der Waals surface area contributed by atoms with Crippen molar-refractivity contribution in [3.05, 3.63) is 47.8 Å². The van der Waals surface area contributed by atoms with Crippen molar-refractivity contribution in [2.24, 2.45) is 0 Å². The molecule has 0 aliphatic rings. The van der Waals surface area contributed by atoms with Gasteiger partial charge in [-0.25, -0.2) is 17.7 Å². The van der Waals surface area contributed by atoms with E-state index in [9.17, 15) is 13.2 Å². The van der Waals surface area contributed by atoms with Gasteiger partial charge in [0.05, 0.1) is 46.2 Å². The second kappa shape index (κ2) is 7.28. The van der Waals surface area contributed by atoms with Crippen LogP contribution in [0.2, 0.25) is 0 Å². The molecule has 0 bridgehead atoms. The van der Waals surface area contributed by atoms with Gasteiger partial charge in [0.2, 0.25) is 10.0 Å². The highest BCUT2D eigenvalue weighted by molar-refractivity contribution is 7.89. The highest BCUT2D eigenvalue weighted by atomic mass is 32.2. The molecule has 28 heavy (non-hydrogen) atoms. The van der Waals surface area contributed by atoms with Crippen LogP contribution in [0.25, 0.3) is 16.9 Å². The average Bonchev–Trinajstić information content (AvgIpc) is 3.02. The van der Waals surface area contributed by atoms with Crippen LogP contribution in [0.5, 0.6) is 0 Å². The average molecular weight is 398 g/mol. The Labute approximate surface area is 162 Å². The molecule has 3 aromatic heterocycles. The molecule has 144 valence electrons. The minimum Gasteiger partial charge on any atom is -0.382 e. The molecule has 0 aliphatic heterocycles. The Kier molecular flexibility index (Phi) is 5.02. The van der Waals surface area contributed by atoms with Crippen molar-refractivity contribution in [2.75, 3.05) is 11.6 Å². The van der Waals surface area contributed by atoms with Crippen molar-refractivity contribution < 1.29 is 13.2 Å². The van der Waals surface area contributed by atoms with Gasteiger partial charge in [-0.2, -0.15) is 10.4 Å². The molecule has 1 amide bonds. The van der Waals surface area contributed by atoms with E-state index in [0.717, 1.165) is 11.8 Å². The summed E-state index contributed by atoms with van der Waals surface area (Å²) in [5.41, 5.74) is 2.94. The SMILES string of the molecule is CC(C)Nc1cc(-c2ccc3cc(C#N)cnn23)ncc1C(=O)NS(C)(=O)=O. The number of anilines is 1. The molecule has 0 fully saturated rings. The third-order valence-corrected chi connectivity index (χ3v) is 4.32. The highest BCUT2D eigenvalue weighted by Crippen LogP contribution is 2.26. The normalized spacial score (nSPS) is 11.4. The maximum atomic E-state index is 12.3. The summed E-state index contributed by atoms with van der Waals surface area (Å²) in [6.07, 6.45) is 3.69. The van der Waals surface area contributed by atoms with Gasteiger partial charge in [0, 0.05) is 12.2 Å². The third-order valence-electron chi connectivity index (χ3n) is 3.76. The van der Waals surface area contributed by atoms with Crippen molar-refractivity contribution in [3.63, 3.8) is 0 Å². The second-order valence-electron chi connectivity index (χ2n) is 6.53. The zero-order valence-electron chi connectivity index (χ0n) is 15.5. The maximum Gasteiger partial charge on any atom is 0.268 e. The summed E-state index contributed by atoms with van der Waals surface area (Å²) in [5.74, 6) is -0.762. The number of rotatable bonds is 5. The molecule has 0 aliphatic carbocycles. The van der Waals surface area contributed by atoms with E-state index in [-0.39, 0.29) is 11.6 Å². The van der Waals surface area contributed by atoms with E-state index >= 15 is 0 Å². The molecular formula is C18H18N6O3S. The topological polar surface area (TPSA) is 129 Å². The fraction of sp³-hybridized carbons (Fsp3) is 0.222. The van der Waals surface area contributed by atoms with E-state index in [1.807, 2.05) is 30.7 Å². The van der Waals surface area contributed by atoms with Gasteiger partial charge in [-0.15, -0.1) is 0 Å². The smallest absolute Gasteiger partial charge is 0.268 e. The Hall–Kier alpha value is -3.45. The molecule has 9 nitrogen and oxygen atoms in total. The quantitative estimate of drug-likeness (QED) is 0.670. The van der Waals surface area contributed by atoms with Gasteiger partial charge in [0.1, 0.15) is 6.07 Å². The van der Waals surface area contributed by atoms with Crippen LogP contribution >= 0.6 is 0 Å². The first-order chi connectivity index (χ1) is 13.2. The fourth-order valence-corrected chi connectivity index (χ4v) is 3.13. The molecule has 0 atom stereocenters. The standard InChI is InChI=1S/C18H18N6O3S/c1-11(2)22-15-7-16(20-10-14(15)18(25)23-28(3,26)27)17-5-4-13-6-12(8-19)9-21-24(13)17/h4-7,9-11H,1-3H3,(H,20,22)(H,23,25). The first-order valence-corrected chi connectivity index (χ1v) is 10.2. The molecule has 3 rings (SSSR count). The predicted octanol–water partition coefficient (Wildman–Crippen LogP) is 1.78. The molecule has 3 heterocycles. The Bertz CT molecular complexity index is 1210. The molecule has 3 aromatic rings. The third kappa shape index (κ3) is 4.10. The van der Waals surface area contributed by atoms with Crippen LogP contribution in [0.1, 0.15) is 29.8 Å². The summed E-state index contributed by atoms with van der Waals surface area (Å²) in [7, 11) is -3.70. The number of carbonyl (C=O) groups excluding carboxylic acids is 1. The Morgan fingerprint density at radius 3 is 2.64 bits per heavy atom. The summed E-state index contributed by atoms with van der Waals surface area (Å²) < 4.78 is 26.4. The molecule has 2 N–H and O–H groups in total. The molecule has 0 saturated heterocycles. The number of nitrogens with one attached hydrogen (secondary N) is 2. The summed E-state index contributed by atoms with van der Waals surface area (Å²) in [4.78, 5) is 16.6. The van der Waals surface area contributed by atoms with E-state index in [0.29, 0.717) is 22.6 Å². The van der Waals surface area contributed by atoms with Crippen molar-refractivity contribution in [1.82, 2.24) is 19.3 Å². The van der Waals surface area contributed by atoms with Gasteiger partial charge in [-0.3, -0.25) is 9.78 Å². The van der Waals surface area contributed by atoms with E-state index in [1.54, 1.807) is 22.7 Å². The van der Waals surface area contributed by atoms with Crippen molar-refractivity contribution in [3.8, 4) is 17.5 Å². The fourth-order valence-electron chi connectivity index (χ4n) is 2.68. The van der Waals surface area contributed by atoms with Crippen LogP contribution < -0.4 is 10.0 Å². The number of carbonyl (C=O) groups is 1. The van der Waals surface area contributed by atoms with Crippen molar-refractivity contribution in [2.45, 2.75) is 19.9 Å². The molecule has 0 radical (unpaired) electrons. The minimum absolute atomic E-state index is 0.000375. The first kappa shape index (κ1) is 19.3. The number of hydrogen-bond donors (Lipinski definition) is 2. The minimum atomic E-state index is -3.70. The van der Waals surface area contributed by atoms with E-state index in [1.165, 1.54) is 12.4 Å². The van der Waals surface area contributed by atoms with Gasteiger partial charge in [-0.1, -0.05) is 0 Å². The Morgan fingerprint density at radius 2 is 2.00 bits per heavy atom. The van der Waals surface area contributed by atoms with Crippen molar-refractivity contribution in [1.29, 1.82) is 5.26 Å². The highest BCUT2D eigenvalue weighted by Gasteiger charge is 2.18. The predicted molar refractivity (Wildman–Crippen MR) is 104 cm³/mol. The number of hydrogen-bond acceptors (Lipinski definition) is 7. The maximum absolute atomic E-state index is 12.3. The summed E-state index contributed by atoms with van der Waals surface area (Å²) in [5, 5.41) is 16.4. The van der Waals surface area contributed by atoms with Crippen LogP contribution in [-0.2, 0) is 10.0 Å². The van der Waals surface area contributed by atoms with E-state index in [4.69, 9.17) is 5.26 Å². The number of fused-ring (bicyclic) bond motifs is 1. The molecule has 0 spiro atoms. The zero-order valence-corrected chi connectivity index (χ0v) is 16.3. The van der Waals surface area contributed by atoms with E-state index < -0.39 is 15.9 Å². The van der Waals surface area contributed by atoms with Crippen LogP contribution in [-0.4, -0.2) is 41.2 Å². The monoisotopic (exact) mass is 398 g/mol. The first-order valence-electron chi connectivity index (χ1n) is 8.35. The van der Waals surface area contributed by atoms with Gasteiger partial charge in [0.25, 0.3) is 5.91 Å². The second-order valence-corrected chi connectivity index (χ2v) is 8.28.